The first-order valence-electron chi connectivity index (χ1n) is 14.9. The van der Waals surface area contributed by atoms with Crippen LogP contribution in [-0.2, 0) is 29.0 Å². The zero-order chi connectivity index (χ0) is 31.6. The fraction of sp³-hybridized carbons (Fsp3) is 0.294. The Labute approximate surface area is 266 Å². The summed E-state index contributed by atoms with van der Waals surface area (Å²) in [5.41, 5.74) is 1.62. The Morgan fingerprint density at radius 3 is 2.78 bits per heavy atom. The van der Waals surface area contributed by atoms with Crippen molar-refractivity contribution in [3.63, 3.8) is 0 Å². The van der Waals surface area contributed by atoms with Crippen molar-refractivity contribution in [2.75, 3.05) is 19.8 Å². The number of hydrogen-bond acceptors (Lipinski definition) is 8. The molecule has 1 N–H and O–H groups in total. The topological polar surface area (TPSA) is 109 Å². The fourth-order valence-electron chi connectivity index (χ4n) is 5.40. The van der Waals surface area contributed by atoms with E-state index in [2.05, 4.69) is 26.8 Å². The van der Waals surface area contributed by atoms with Crippen molar-refractivity contribution in [3.8, 4) is 29.0 Å². The molecule has 2 aliphatic heterocycles. The third-order valence-corrected chi connectivity index (χ3v) is 8.85. The van der Waals surface area contributed by atoms with Crippen LogP contribution in [0.25, 0.3) is 22.3 Å². The average molecular weight is 643 g/mol. The highest BCUT2D eigenvalue weighted by molar-refractivity contribution is 7.12. The van der Waals surface area contributed by atoms with E-state index in [1.165, 1.54) is 17.4 Å². The summed E-state index contributed by atoms with van der Waals surface area (Å²) >= 11 is 1.43. The molecule has 5 aromatic rings. The number of fused-ring (bicyclic) bond motifs is 1. The van der Waals surface area contributed by atoms with Gasteiger partial charge in [-0.15, -0.1) is 11.3 Å². The Morgan fingerprint density at radius 1 is 1.11 bits per heavy atom. The van der Waals surface area contributed by atoms with Crippen molar-refractivity contribution in [1.29, 1.82) is 0 Å². The van der Waals surface area contributed by atoms with E-state index in [9.17, 15) is 9.90 Å². The summed E-state index contributed by atoms with van der Waals surface area (Å²) in [6, 6.07) is 11.8. The van der Waals surface area contributed by atoms with Crippen LogP contribution in [0.1, 0.15) is 44.5 Å². The van der Waals surface area contributed by atoms with Crippen LogP contribution >= 0.6 is 11.3 Å². The molecule has 2 saturated heterocycles. The van der Waals surface area contributed by atoms with Gasteiger partial charge >= 0.3 is 5.97 Å². The second-order valence-corrected chi connectivity index (χ2v) is 12.2. The van der Waals surface area contributed by atoms with Gasteiger partial charge in [0.1, 0.15) is 29.1 Å². The van der Waals surface area contributed by atoms with Gasteiger partial charge in [-0.05, 0) is 54.8 Å². The minimum absolute atomic E-state index is 0.00195. The molecule has 9 nitrogen and oxygen atoms in total. The number of halogens is 2. The van der Waals surface area contributed by atoms with E-state index in [4.69, 9.17) is 14.2 Å². The van der Waals surface area contributed by atoms with Crippen molar-refractivity contribution < 1.29 is 32.9 Å². The molecular formula is C34H28F2N4O5S. The summed E-state index contributed by atoms with van der Waals surface area (Å²) in [5.74, 6) is 5.01. The molecule has 0 aliphatic carbocycles. The monoisotopic (exact) mass is 642 g/mol. The number of ether oxygens (including phenoxy) is 3. The first-order valence-corrected chi connectivity index (χ1v) is 15.7. The van der Waals surface area contributed by atoms with E-state index in [1.54, 1.807) is 36.5 Å². The first kappa shape index (κ1) is 30.0. The van der Waals surface area contributed by atoms with E-state index in [1.807, 2.05) is 4.57 Å². The Bertz CT molecular complexity index is 1990. The summed E-state index contributed by atoms with van der Waals surface area (Å²) in [6.45, 7) is 2.64. The van der Waals surface area contributed by atoms with Gasteiger partial charge in [0, 0.05) is 37.2 Å². The maximum atomic E-state index is 15.5. The molecular weight excluding hydrogens is 614 g/mol. The minimum atomic E-state index is -1.06. The van der Waals surface area contributed by atoms with Crippen LogP contribution < -0.4 is 4.74 Å². The highest BCUT2D eigenvalue weighted by Crippen LogP contribution is 2.29. The van der Waals surface area contributed by atoms with Gasteiger partial charge in [-0.3, -0.25) is 0 Å². The molecule has 0 radical (unpaired) electrons. The molecule has 0 bridgehead atoms. The van der Waals surface area contributed by atoms with Crippen molar-refractivity contribution in [2.45, 2.75) is 38.5 Å². The van der Waals surface area contributed by atoms with Crippen molar-refractivity contribution in [2.24, 2.45) is 5.92 Å². The number of imidazole rings is 1. The minimum Gasteiger partial charge on any atom is -0.478 e. The number of nitrogens with zero attached hydrogens (tertiary/aromatic N) is 4. The molecule has 46 heavy (non-hydrogen) atoms. The van der Waals surface area contributed by atoms with Crippen LogP contribution in [0.2, 0.25) is 0 Å². The highest BCUT2D eigenvalue weighted by Gasteiger charge is 2.24. The third kappa shape index (κ3) is 6.48. The lowest BCUT2D eigenvalue weighted by Gasteiger charge is -2.27. The number of aromatic nitrogens is 4. The lowest BCUT2D eigenvalue weighted by atomic mass is 10.0. The van der Waals surface area contributed by atoms with E-state index >= 15 is 8.78 Å². The molecule has 5 heterocycles. The van der Waals surface area contributed by atoms with Gasteiger partial charge in [0.05, 0.1) is 52.6 Å². The van der Waals surface area contributed by atoms with Crippen LogP contribution in [0.3, 0.4) is 0 Å². The number of aromatic carboxylic acids is 1. The molecule has 0 spiro atoms. The molecule has 0 saturated carbocycles. The number of carboxylic acid groups (broad SMARTS) is 1. The van der Waals surface area contributed by atoms with Crippen LogP contribution in [0, 0.1) is 29.4 Å². The van der Waals surface area contributed by atoms with E-state index < -0.39 is 17.6 Å². The van der Waals surface area contributed by atoms with Crippen molar-refractivity contribution in [1.82, 2.24) is 19.5 Å². The molecule has 2 atom stereocenters. The Kier molecular flexibility index (Phi) is 8.45. The summed E-state index contributed by atoms with van der Waals surface area (Å²) in [5, 5.41) is 10.2. The largest absolute Gasteiger partial charge is 0.478 e. The second-order valence-electron chi connectivity index (χ2n) is 11.1. The zero-order valence-corrected chi connectivity index (χ0v) is 25.4. The van der Waals surface area contributed by atoms with E-state index in [0.717, 1.165) is 41.5 Å². The maximum absolute atomic E-state index is 15.5. The lowest BCUT2D eigenvalue weighted by Crippen LogP contribution is -2.31. The van der Waals surface area contributed by atoms with Gasteiger partial charge in [0.15, 0.2) is 0 Å². The number of thiazole rings is 1. The van der Waals surface area contributed by atoms with Crippen LogP contribution in [-0.4, -0.2) is 56.5 Å². The molecule has 2 aromatic carbocycles. The standard InChI is InChI=1S/C34H28F2N4O5S/c35-26-15-25(28-2-1-3-32(39-28)45-19-33-37-16-24(46-33)6-4-20-8-10-43-18-20)27(36)12-22(26)14-31-38-29-7-5-21(34(41)42)13-30(29)40(31)17-23-9-11-44-23/h1-3,5,7,12-13,15-16,20,23H,8-11,14,17-19H2,(H,41,42). The molecule has 7 rings (SSSR count). The summed E-state index contributed by atoms with van der Waals surface area (Å²) in [4.78, 5) is 25.8. The molecule has 2 fully saturated rings. The predicted octanol–water partition coefficient (Wildman–Crippen LogP) is 5.88. The zero-order valence-electron chi connectivity index (χ0n) is 24.5. The normalized spacial score (nSPS) is 17.4. The Morgan fingerprint density at radius 2 is 2.00 bits per heavy atom. The van der Waals surface area contributed by atoms with Crippen LogP contribution in [0.4, 0.5) is 8.78 Å². The van der Waals surface area contributed by atoms with E-state index in [-0.39, 0.29) is 53.3 Å². The molecule has 12 heteroatoms. The van der Waals surface area contributed by atoms with Gasteiger partial charge in [0.2, 0.25) is 5.88 Å². The predicted molar refractivity (Wildman–Crippen MR) is 166 cm³/mol. The fourth-order valence-corrected chi connectivity index (χ4v) is 6.10. The quantitative estimate of drug-likeness (QED) is 0.199. The number of carbonyl (C=O) groups is 1. The maximum Gasteiger partial charge on any atom is 0.335 e. The Hall–Kier alpha value is -4.70. The summed E-state index contributed by atoms with van der Waals surface area (Å²) < 4.78 is 49.7. The number of benzene rings is 2. The smallest absolute Gasteiger partial charge is 0.335 e. The number of carboxylic acids is 1. The van der Waals surface area contributed by atoms with Crippen LogP contribution in [0.5, 0.6) is 5.88 Å². The third-order valence-electron chi connectivity index (χ3n) is 7.96. The second kappa shape index (κ2) is 13.0. The van der Waals surface area contributed by atoms with Gasteiger partial charge in [0.25, 0.3) is 0 Å². The number of pyridine rings is 1. The summed E-state index contributed by atoms with van der Waals surface area (Å²) in [6.07, 6.45) is 3.43. The molecule has 2 aliphatic rings. The SMILES string of the molecule is O=C(O)c1ccc2nc(Cc3cc(F)c(-c4cccc(OCc5ncc(C#CC6CCOC6)s5)n4)cc3F)n(CC3CCO3)c2c1. The molecule has 2 unspecified atom stereocenters. The van der Waals surface area contributed by atoms with Crippen molar-refractivity contribution in [3.05, 3.63) is 93.2 Å². The van der Waals surface area contributed by atoms with Crippen molar-refractivity contribution >= 4 is 28.3 Å². The lowest BCUT2D eigenvalue weighted by molar-refractivity contribution is -0.0589. The van der Waals surface area contributed by atoms with Crippen LogP contribution in [0.15, 0.2) is 54.7 Å². The van der Waals surface area contributed by atoms with Gasteiger partial charge < -0.3 is 23.9 Å². The van der Waals surface area contributed by atoms with Gasteiger partial charge in [-0.25, -0.2) is 28.5 Å². The highest BCUT2D eigenvalue weighted by atomic mass is 32.1. The molecule has 3 aromatic heterocycles. The summed E-state index contributed by atoms with van der Waals surface area (Å²) in [7, 11) is 0. The number of rotatable bonds is 9. The molecule has 0 amide bonds. The number of hydrogen-bond donors (Lipinski definition) is 1. The average Bonchev–Trinajstić information content (AvgIpc) is 3.79. The first-order chi connectivity index (χ1) is 22.4. The van der Waals surface area contributed by atoms with Gasteiger partial charge in [-0.2, -0.15) is 0 Å². The van der Waals surface area contributed by atoms with Gasteiger partial charge in [-0.1, -0.05) is 17.9 Å². The molecule has 234 valence electrons. The van der Waals surface area contributed by atoms with E-state index in [0.29, 0.717) is 36.6 Å². The Balaban J connectivity index is 1.08.